The maximum atomic E-state index is 13.0. The minimum Gasteiger partial charge on any atom is -0.313 e. The summed E-state index contributed by atoms with van der Waals surface area (Å²) in [5.41, 5.74) is 0. The van der Waals surface area contributed by atoms with Crippen molar-refractivity contribution in [2.45, 2.75) is 50.1 Å². The smallest absolute Gasteiger partial charge is 0.243 e. The number of hydrogen-bond acceptors (Lipinski definition) is 3. The molecule has 0 saturated carbocycles. The van der Waals surface area contributed by atoms with E-state index in [0.717, 1.165) is 25.8 Å². The second kappa shape index (κ2) is 6.85. The van der Waals surface area contributed by atoms with Crippen molar-refractivity contribution in [2.24, 2.45) is 0 Å². The first-order chi connectivity index (χ1) is 9.91. The van der Waals surface area contributed by atoms with Crippen molar-refractivity contribution in [3.8, 4) is 0 Å². The summed E-state index contributed by atoms with van der Waals surface area (Å²) in [6.07, 6.45) is 3.26. The lowest BCUT2D eigenvalue weighted by Gasteiger charge is -2.32. The van der Waals surface area contributed by atoms with Crippen molar-refractivity contribution in [1.29, 1.82) is 0 Å². The van der Waals surface area contributed by atoms with Crippen molar-refractivity contribution in [3.05, 3.63) is 30.1 Å². The van der Waals surface area contributed by atoms with Gasteiger partial charge in [-0.15, -0.1) is 0 Å². The van der Waals surface area contributed by atoms with Gasteiger partial charge in [-0.25, -0.2) is 12.8 Å². The van der Waals surface area contributed by atoms with E-state index in [-0.39, 0.29) is 17.0 Å². The number of halogens is 1. The third kappa shape index (κ3) is 4.02. The van der Waals surface area contributed by atoms with Crippen LogP contribution in [0.15, 0.2) is 29.2 Å². The van der Waals surface area contributed by atoms with E-state index in [1.54, 1.807) is 0 Å². The molecule has 1 N–H and O–H groups in total. The molecular weight excluding hydrogens is 291 g/mol. The number of rotatable bonds is 5. The van der Waals surface area contributed by atoms with Gasteiger partial charge in [-0.05, 0) is 57.5 Å². The Hall–Kier alpha value is -0.980. The molecule has 1 aromatic carbocycles. The Morgan fingerprint density at radius 1 is 1.29 bits per heavy atom. The lowest BCUT2D eigenvalue weighted by molar-refractivity contribution is 0.282. The highest BCUT2D eigenvalue weighted by Crippen LogP contribution is 2.20. The summed E-state index contributed by atoms with van der Waals surface area (Å²) >= 11 is 0. The minimum absolute atomic E-state index is 0.135. The summed E-state index contributed by atoms with van der Waals surface area (Å²) in [6, 6.07) is 5.08. The lowest BCUT2D eigenvalue weighted by Crippen LogP contribution is -2.48. The SMILES string of the molecule is CC(C)N(CC1CCCCN1)S(=O)(=O)c1ccc(F)cc1. The Kier molecular flexibility index (Phi) is 5.35. The van der Waals surface area contributed by atoms with Crippen LogP contribution >= 0.6 is 0 Å². The van der Waals surface area contributed by atoms with Crippen LogP contribution in [-0.2, 0) is 10.0 Å². The van der Waals surface area contributed by atoms with E-state index in [4.69, 9.17) is 0 Å². The van der Waals surface area contributed by atoms with Gasteiger partial charge in [0.1, 0.15) is 5.82 Å². The van der Waals surface area contributed by atoms with Gasteiger partial charge in [-0.3, -0.25) is 0 Å². The van der Waals surface area contributed by atoms with Crippen molar-refractivity contribution in [2.75, 3.05) is 13.1 Å². The van der Waals surface area contributed by atoms with E-state index >= 15 is 0 Å². The molecule has 0 spiro atoms. The molecule has 1 aromatic rings. The molecule has 1 saturated heterocycles. The lowest BCUT2D eigenvalue weighted by atomic mass is 10.1. The first-order valence-electron chi connectivity index (χ1n) is 7.42. The predicted octanol–water partition coefficient (Wildman–Crippen LogP) is 2.37. The number of piperidine rings is 1. The normalized spacial score (nSPS) is 20.1. The quantitative estimate of drug-likeness (QED) is 0.908. The molecule has 1 atom stereocenters. The Morgan fingerprint density at radius 3 is 2.48 bits per heavy atom. The van der Waals surface area contributed by atoms with Gasteiger partial charge < -0.3 is 5.32 Å². The number of hydrogen-bond donors (Lipinski definition) is 1. The van der Waals surface area contributed by atoms with Crippen LogP contribution in [0.1, 0.15) is 33.1 Å². The third-order valence-electron chi connectivity index (χ3n) is 3.81. The second-order valence-corrected chi connectivity index (χ2v) is 7.66. The second-order valence-electron chi connectivity index (χ2n) is 5.77. The van der Waals surface area contributed by atoms with Crippen molar-refractivity contribution < 1.29 is 12.8 Å². The fourth-order valence-corrected chi connectivity index (χ4v) is 4.31. The summed E-state index contributed by atoms with van der Waals surface area (Å²) in [5, 5.41) is 3.37. The Bertz CT molecular complexity index is 552. The van der Waals surface area contributed by atoms with Crippen LogP contribution < -0.4 is 5.32 Å². The van der Waals surface area contributed by atoms with Crippen molar-refractivity contribution in [3.63, 3.8) is 0 Å². The number of nitrogens with one attached hydrogen (secondary N) is 1. The molecule has 21 heavy (non-hydrogen) atoms. The number of benzene rings is 1. The first kappa shape index (κ1) is 16.4. The van der Waals surface area contributed by atoms with Gasteiger partial charge in [-0.2, -0.15) is 4.31 Å². The molecule has 2 rings (SSSR count). The molecule has 1 aliphatic heterocycles. The summed E-state index contributed by atoms with van der Waals surface area (Å²) < 4.78 is 40.0. The van der Waals surface area contributed by atoms with Crippen LogP contribution in [-0.4, -0.2) is 37.9 Å². The van der Waals surface area contributed by atoms with E-state index in [9.17, 15) is 12.8 Å². The molecule has 0 amide bonds. The Labute approximate surface area is 126 Å². The maximum Gasteiger partial charge on any atom is 0.243 e. The zero-order valence-corrected chi connectivity index (χ0v) is 13.4. The summed E-state index contributed by atoms with van der Waals surface area (Å²) in [5.74, 6) is -0.431. The molecule has 1 unspecified atom stereocenters. The maximum absolute atomic E-state index is 13.0. The van der Waals surface area contributed by atoms with Gasteiger partial charge in [0.2, 0.25) is 10.0 Å². The Morgan fingerprint density at radius 2 is 1.95 bits per heavy atom. The Balaban J connectivity index is 2.21. The highest BCUT2D eigenvalue weighted by molar-refractivity contribution is 7.89. The molecule has 1 heterocycles. The van der Waals surface area contributed by atoms with Crippen LogP contribution in [0.3, 0.4) is 0 Å². The van der Waals surface area contributed by atoms with Crippen LogP contribution in [0.2, 0.25) is 0 Å². The van der Waals surface area contributed by atoms with Gasteiger partial charge >= 0.3 is 0 Å². The van der Waals surface area contributed by atoms with E-state index in [1.807, 2.05) is 13.8 Å². The van der Waals surface area contributed by atoms with Gasteiger partial charge in [0.25, 0.3) is 0 Å². The molecular formula is C15H23FN2O2S. The van der Waals surface area contributed by atoms with Crippen molar-refractivity contribution >= 4 is 10.0 Å². The van der Waals surface area contributed by atoms with Crippen LogP contribution in [0.25, 0.3) is 0 Å². The zero-order chi connectivity index (χ0) is 15.5. The molecule has 0 bridgehead atoms. The summed E-state index contributed by atoms with van der Waals surface area (Å²) in [4.78, 5) is 0.147. The van der Waals surface area contributed by atoms with E-state index in [2.05, 4.69) is 5.32 Å². The highest BCUT2D eigenvalue weighted by Gasteiger charge is 2.29. The zero-order valence-electron chi connectivity index (χ0n) is 12.5. The standard InChI is InChI=1S/C15H23FN2O2S/c1-12(2)18(11-14-5-3-4-10-17-14)21(19,20)15-8-6-13(16)7-9-15/h6-9,12,14,17H,3-5,10-11H2,1-2H3. The molecule has 4 nitrogen and oxygen atoms in total. The monoisotopic (exact) mass is 314 g/mol. The van der Waals surface area contributed by atoms with Gasteiger partial charge in [0.15, 0.2) is 0 Å². The van der Waals surface area contributed by atoms with Gasteiger partial charge in [-0.1, -0.05) is 6.42 Å². The fraction of sp³-hybridized carbons (Fsp3) is 0.600. The minimum atomic E-state index is -3.59. The van der Waals surface area contributed by atoms with E-state index < -0.39 is 15.8 Å². The summed E-state index contributed by atoms with van der Waals surface area (Å²) in [6.45, 7) is 5.12. The molecule has 1 fully saturated rings. The highest BCUT2D eigenvalue weighted by atomic mass is 32.2. The average Bonchev–Trinajstić information content (AvgIpc) is 2.46. The van der Waals surface area contributed by atoms with Crippen LogP contribution in [0.5, 0.6) is 0 Å². The van der Waals surface area contributed by atoms with Crippen molar-refractivity contribution in [1.82, 2.24) is 9.62 Å². The fourth-order valence-electron chi connectivity index (χ4n) is 2.63. The average molecular weight is 314 g/mol. The molecule has 0 radical (unpaired) electrons. The number of sulfonamides is 1. The first-order valence-corrected chi connectivity index (χ1v) is 8.86. The van der Waals surface area contributed by atoms with E-state index in [1.165, 1.54) is 28.6 Å². The molecule has 0 aromatic heterocycles. The molecule has 0 aliphatic carbocycles. The summed E-state index contributed by atoms with van der Waals surface area (Å²) in [7, 11) is -3.59. The van der Waals surface area contributed by atoms with E-state index in [0.29, 0.717) is 6.54 Å². The third-order valence-corrected chi connectivity index (χ3v) is 5.86. The number of nitrogens with zero attached hydrogens (tertiary/aromatic N) is 1. The van der Waals surface area contributed by atoms with Crippen LogP contribution in [0.4, 0.5) is 4.39 Å². The van der Waals surface area contributed by atoms with Gasteiger partial charge in [0.05, 0.1) is 4.90 Å². The van der Waals surface area contributed by atoms with Gasteiger partial charge in [0, 0.05) is 18.6 Å². The molecule has 118 valence electrons. The van der Waals surface area contributed by atoms with Crippen LogP contribution in [0, 0.1) is 5.82 Å². The topological polar surface area (TPSA) is 49.4 Å². The predicted molar refractivity (Wildman–Crippen MR) is 81.1 cm³/mol. The molecule has 6 heteroatoms. The molecule has 1 aliphatic rings. The largest absolute Gasteiger partial charge is 0.313 e.